The monoisotopic (exact) mass is 402 g/mol. The van der Waals surface area contributed by atoms with Gasteiger partial charge in [0.25, 0.3) is 5.91 Å². The summed E-state index contributed by atoms with van der Waals surface area (Å²) >= 11 is 0. The lowest BCUT2D eigenvalue weighted by molar-refractivity contribution is -0.137. The minimum Gasteiger partial charge on any atom is -0.479 e. The van der Waals surface area contributed by atoms with E-state index in [9.17, 15) is 22.8 Å². The van der Waals surface area contributed by atoms with Gasteiger partial charge in [0.15, 0.2) is 12.4 Å². The van der Waals surface area contributed by atoms with Crippen LogP contribution in [-0.4, -0.2) is 62.3 Å². The number of carbonyl (C=O) groups excluding carboxylic acids is 2. The number of ether oxygens (including phenoxy) is 2. The van der Waals surface area contributed by atoms with Crippen LogP contribution in [0.25, 0.3) is 0 Å². The van der Waals surface area contributed by atoms with Crippen molar-refractivity contribution in [2.75, 3.05) is 50.1 Å². The molecule has 3 N–H and O–H groups in total. The molecule has 11 heteroatoms. The molecule has 2 heterocycles. The summed E-state index contributed by atoms with van der Waals surface area (Å²) in [6.45, 7) is 4.65. The smallest absolute Gasteiger partial charge is 0.416 e. The van der Waals surface area contributed by atoms with Gasteiger partial charge >= 0.3 is 12.2 Å². The van der Waals surface area contributed by atoms with Gasteiger partial charge in [-0.25, -0.2) is 4.79 Å². The Hall–Kier alpha value is -2.53. The lowest BCUT2D eigenvalue weighted by Gasteiger charge is -2.32. The molecule has 0 radical (unpaired) electrons. The quantitative estimate of drug-likeness (QED) is 0.715. The Morgan fingerprint density at radius 1 is 1.32 bits per heavy atom. The molecule has 0 saturated carbocycles. The number of halogens is 3. The van der Waals surface area contributed by atoms with Crippen LogP contribution in [0.5, 0.6) is 5.75 Å². The largest absolute Gasteiger partial charge is 0.479 e. The number of carbonyl (C=O) groups is 2. The predicted molar refractivity (Wildman–Crippen MR) is 94.4 cm³/mol. The number of urea groups is 1. The number of hydrogen-bond acceptors (Lipinski definition) is 5. The molecule has 1 fully saturated rings. The molecule has 0 aliphatic carbocycles. The number of amides is 3. The molecule has 0 aromatic heterocycles. The van der Waals surface area contributed by atoms with E-state index in [4.69, 9.17) is 9.47 Å². The van der Waals surface area contributed by atoms with Crippen LogP contribution in [0.1, 0.15) is 12.5 Å². The number of nitrogens with one attached hydrogen (secondary N) is 3. The standard InChI is InChI=1S/C17H21F3N4O4/c1-10(24-2-4-27-5-3-24)8-21-16(26)23-13-7-11(17(18,19)20)6-12-15(13)28-9-14(25)22-12/h6-7,10H,2-5,8-9H2,1H3,(H,22,25)(H2,21,23,26)/t10-/m1/s1. The third kappa shape index (κ3) is 4.84. The van der Waals surface area contributed by atoms with Crippen LogP contribution >= 0.6 is 0 Å². The van der Waals surface area contributed by atoms with Crippen LogP contribution in [0, 0.1) is 0 Å². The molecule has 0 bridgehead atoms. The summed E-state index contributed by atoms with van der Waals surface area (Å²) in [6.07, 6.45) is -4.64. The number of benzene rings is 1. The van der Waals surface area contributed by atoms with Gasteiger partial charge in [-0.15, -0.1) is 0 Å². The molecule has 28 heavy (non-hydrogen) atoms. The third-order valence-corrected chi connectivity index (χ3v) is 4.51. The predicted octanol–water partition coefficient (Wildman–Crippen LogP) is 1.88. The molecular formula is C17H21F3N4O4. The van der Waals surface area contributed by atoms with E-state index in [0.717, 1.165) is 25.2 Å². The Morgan fingerprint density at radius 2 is 2.04 bits per heavy atom. The van der Waals surface area contributed by atoms with Gasteiger partial charge in [-0.3, -0.25) is 9.69 Å². The van der Waals surface area contributed by atoms with E-state index in [2.05, 4.69) is 20.9 Å². The van der Waals surface area contributed by atoms with Crippen LogP contribution in [0.2, 0.25) is 0 Å². The van der Waals surface area contributed by atoms with Crippen molar-refractivity contribution in [3.8, 4) is 5.75 Å². The first-order valence-electron chi connectivity index (χ1n) is 8.78. The fourth-order valence-electron chi connectivity index (χ4n) is 3.01. The second-order valence-corrected chi connectivity index (χ2v) is 6.57. The van der Waals surface area contributed by atoms with Crippen molar-refractivity contribution >= 4 is 23.3 Å². The number of nitrogens with zero attached hydrogens (tertiary/aromatic N) is 1. The summed E-state index contributed by atoms with van der Waals surface area (Å²) in [5, 5.41) is 7.36. The number of fused-ring (bicyclic) bond motifs is 1. The summed E-state index contributed by atoms with van der Waals surface area (Å²) in [4.78, 5) is 25.8. The van der Waals surface area contributed by atoms with Gasteiger partial charge in [-0.2, -0.15) is 13.2 Å². The lowest BCUT2D eigenvalue weighted by atomic mass is 10.1. The zero-order valence-electron chi connectivity index (χ0n) is 15.2. The Morgan fingerprint density at radius 3 is 2.71 bits per heavy atom. The van der Waals surface area contributed by atoms with Crippen LogP contribution in [-0.2, 0) is 15.7 Å². The molecule has 1 atom stereocenters. The van der Waals surface area contributed by atoms with Crippen molar-refractivity contribution in [2.24, 2.45) is 0 Å². The van der Waals surface area contributed by atoms with Crippen molar-refractivity contribution < 1.29 is 32.2 Å². The molecule has 3 amide bonds. The van der Waals surface area contributed by atoms with Crippen LogP contribution in [0.4, 0.5) is 29.3 Å². The molecule has 1 aromatic carbocycles. The molecule has 2 aliphatic heterocycles. The Labute approximate surface area is 159 Å². The maximum absolute atomic E-state index is 13.1. The van der Waals surface area contributed by atoms with E-state index >= 15 is 0 Å². The van der Waals surface area contributed by atoms with Crippen molar-refractivity contribution in [1.82, 2.24) is 10.2 Å². The van der Waals surface area contributed by atoms with Gasteiger partial charge in [0.1, 0.15) is 0 Å². The highest BCUT2D eigenvalue weighted by atomic mass is 19.4. The minimum absolute atomic E-state index is 0.0102. The zero-order valence-corrected chi connectivity index (χ0v) is 15.2. The molecule has 154 valence electrons. The highest BCUT2D eigenvalue weighted by molar-refractivity contribution is 6.00. The normalized spacial score (nSPS) is 18.5. The summed E-state index contributed by atoms with van der Waals surface area (Å²) in [7, 11) is 0. The van der Waals surface area contributed by atoms with Gasteiger partial charge in [-0.1, -0.05) is 0 Å². The number of rotatable bonds is 4. The summed E-state index contributed by atoms with van der Waals surface area (Å²) in [6, 6.07) is 0.930. The van der Waals surface area contributed by atoms with E-state index in [1.54, 1.807) is 0 Å². The fourth-order valence-corrected chi connectivity index (χ4v) is 3.01. The van der Waals surface area contributed by atoms with E-state index in [1.807, 2.05) is 6.92 Å². The number of hydrogen-bond donors (Lipinski definition) is 3. The van der Waals surface area contributed by atoms with E-state index in [1.165, 1.54) is 0 Å². The molecule has 1 saturated heterocycles. The van der Waals surface area contributed by atoms with Crippen LogP contribution in [0.3, 0.4) is 0 Å². The molecule has 0 spiro atoms. The highest BCUT2D eigenvalue weighted by Gasteiger charge is 2.34. The van der Waals surface area contributed by atoms with Crippen LogP contribution in [0.15, 0.2) is 12.1 Å². The molecule has 2 aliphatic rings. The highest BCUT2D eigenvalue weighted by Crippen LogP contribution is 2.41. The zero-order chi connectivity index (χ0) is 20.3. The summed E-state index contributed by atoms with van der Waals surface area (Å²) < 4.78 is 49.9. The Balaban J connectivity index is 1.69. The van der Waals surface area contributed by atoms with Gasteiger partial charge in [0, 0.05) is 25.7 Å². The van der Waals surface area contributed by atoms with Gasteiger partial charge < -0.3 is 25.4 Å². The average molecular weight is 402 g/mol. The Kier molecular flexibility index (Phi) is 5.94. The molecule has 3 rings (SSSR count). The maximum atomic E-state index is 13.1. The lowest BCUT2D eigenvalue weighted by Crippen LogP contribution is -2.47. The topological polar surface area (TPSA) is 91.9 Å². The van der Waals surface area contributed by atoms with E-state index in [-0.39, 0.29) is 29.8 Å². The summed E-state index contributed by atoms with van der Waals surface area (Å²) in [5.41, 5.74) is -1.31. The first kappa shape index (κ1) is 20.2. The van der Waals surface area contributed by atoms with Crippen LogP contribution < -0.4 is 20.7 Å². The van der Waals surface area contributed by atoms with E-state index < -0.39 is 23.7 Å². The average Bonchev–Trinajstić information content (AvgIpc) is 2.65. The second kappa shape index (κ2) is 8.23. The third-order valence-electron chi connectivity index (χ3n) is 4.51. The van der Waals surface area contributed by atoms with Gasteiger partial charge in [-0.05, 0) is 19.1 Å². The Bertz CT molecular complexity index is 751. The fraction of sp³-hybridized carbons (Fsp3) is 0.529. The van der Waals surface area contributed by atoms with Crippen molar-refractivity contribution in [2.45, 2.75) is 19.1 Å². The first-order valence-corrected chi connectivity index (χ1v) is 8.78. The van der Waals surface area contributed by atoms with E-state index in [0.29, 0.717) is 19.8 Å². The first-order chi connectivity index (χ1) is 13.2. The molecule has 8 nitrogen and oxygen atoms in total. The number of morpholine rings is 1. The number of alkyl halides is 3. The minimum atomic E-state index is -4.64. The second-order valence-electron chi connectivity index (χ2n) is 6.57. The molecular weight excluding hydrogens is 381 g/mol. The molecule has 1 aromatic rings. The maximum Gasteiger partial charge on any atom is 0.416 e. The SMILES string of the molecule is C[C@H](CNC(=O)Nc1cc(C(F)(F)F)cc2c1OCC(=O)N2)N1CCOCC1. The molecule has 0 unspecified atom stereocenters. The number of anilines is 2. The summed E-state index contributed by atoms with van der Waals surface area (Å²) in [5.74, 6) is -0.578. The van der Waals surface area contributed by atoms with Crippen molar-refractivity contribution in [3.05, 3.63) is 17.7 Å². The van der Waals surface area contributed by atoms with Crippen molar-refractivity contribution in [3.63, 3.8) is 0 Å². The van der Waals surface area contributed by atoms with Crippen molar-refractivity contribution in [1.29, 1.82) is 0 Å². The van der Waals surface area contributed by atoms with Gasteiger partial charge in [0.2, 0.25) is 0 Å². The van der Waals surface area contributed by atoms with Gasteiger partial charge in [0.05, 0.1) is 30.2 Å².